The van der Waals surface area contributed by atoms with E-state index in [1.807, 2.05) is 41.3 Å². The summed E-state index contributed by atoms with van der Waals surface area (Å²) in [4.78, 5) is 28.6. The molecule has 5 nitrogen and oxygen atoms in total. The van der Waals surface area contributed by atoms with Crippen LogP contribution >= 0.6 is 23.2 Å². The van der Waals surface area contributed by atoms with Crippen molar-refractivity contribution in [2.45, 2.75) is 25.3 Å². The van der Waals surface area contributed by atoms with Crippen LogP contribution in [0, 0.1) is 6.92 Å². The number of likely N-dealkylation sites (N-methyl/N-ethyl adjacent to an activating group) is 1. The van der Waals surface area contributed by atoms with E-state index in [0.29, 0.717) is 32.3 Å². The molecule has 1 fully saturated rings. The van der Waals surface area contributed by atoms with Crippen molar-refractivity contribution in [2.75, 3.05) is 36.9 Å². The van der Waals surface area contributed by atoms with Crippen LogP contribution in [-0.4, -0.2) is 49.0 Å². The van der Waals surface area contributed by atoms with E-state index in [2.05, 4.69) is 25.4 Å². The van der Waals surface area contributed by atoms with Crippen LogP contribution in [0.5, 0.6) is 0 Å². The van der Waals surface area contributed by atoms with E-state index in [0.717, 1.165) is 30.8 Å². The summed E-state index contributed by atoms with van der Waals surface area (Å²) in [5.74, 6) is 0.00878. The molecule has 0 radical (unpaired) electrons. The fraction of sp³-hybridized carbons (Fsp3) is 0.286. The van der Waals surface area contributed by atoms with Crippen molar-refractivity contribution in [1.29, 1.82) is 0 Å². The van der Waals surface area contributed by atoms with Gasteiger partial charge >= 0.3 is 0 Å². The van der Waals surface area contributed by atoms with E-state index in [4.69, 9.17) is 23.2 Å². The van der Waals surface area contributed by atoms with Gasteiger partial charge in [0, 0.05) is 12.1 Å². The monoisotopic (exact) mass is 508 g/mol. The number of hydrogen-bond donors (Lipinski definition) is 1. The van der Waals surface area contributed by atoms with E-state index >= 15 is 0 Å². The summed E-state index contributed by atoms with van der Waals surface area (Å²) in [7, 11) is 2.12. The minimum Gasteiger partial charge on any atom is -0.320 e. The Morgan fingerprint density at radius 3 is 2.49 bits per heavy atom. The molecule has 35 heavy (non-hydrogen) atoms. The van der Waals surface area contributed by atoms with Crippen molar-refractivity contribution in [3.05, 3.63) is 93.5 Å². The van der Waals surface area contributed by atoms with Crippen molar-refractivity contribution >= 4 is 46.4 Å². The second-order valence-corrected chi connectivity index (χ2v) is 10.7. The molecular weight excluding hydrogens is 481 g/mol. The SMILES string of the molecule is Cc1ccc2c(c1)[C@@H]1C[N@@+](C)(CC(=O)Nc3ccccc3Cl)CC[C@H]1N2C(=O)c1ccccc1Cl. The summed E-state index contributed by atoms with van der Waals surface area (Å²) in [5, 5.41) is 3.94. The maximum absolute atomic E-state index is 13.7. The van der Waals surface area contributed by atoms with Gasteiger partial charge in [-0.05, 0) is 42.8 Å². The standard InChI is InChI=1S/C28H27Cl2N3O2/c1-18-11-12-25-20(15-18)21-16-33(2,17-27(34)31-24-10-6-5-9-23(24)30)14-13-26(21)32(25)28(35)19-7-3-4-8-22(19)29/h3-12,15,21,26H,13-14,16-17H2,1-2H3/p+1/t21-,26+,33-/m0/s1. The molecule has 0 unspecified atom stereocenters. The highest BCUT2D eigenvalue weighted by Gasteiger charge is 2.49. The number of fused-ring (bicyclic) bond motifs is 3. The van der Waals surface area contributed by atoms with Crippen LogP contribution in [0.4, 0.5) is 11.4 Å². The third-order valence-corrected chi connectivity index (χ3v) is 7.90. The van der Waals surface area contributed by atoms with Gasteiger partial charge < -0.3 is 14.7 Å². The van der Waals surface area contributed by atoms with Crippen LogP contribution in [0.3, 0.4) is 0 Å². The Kier molecular flexibility index (Phi) is 6.34. The van der Waals surface area contributed by atoms with Crippen LogP contribution in [0.25, 0.3) is 0 Å². The minimum atomic E-state index is -0.0687. The molecule has 0 spiro atoms. The molecule has 0 saturated carbocycles. The van der Waals surface area contributed by atoms with Crippen LogP contribution in [0.1, 0.15) is 33.8 Å². The molecule has 0 bridgehead atoms. The van der Waals surface area contributed by atoms with Gasteiger partial charge in [-0.1, -0.05) is 65.2 Å². The molecule has 2 aliphatic rings. The number of nitrogens with zero attached hydrogens (tertiary/aromatic N) is 2. The predicted octanol–water partition coefficient (Wildman–Crippen LogP) is 5.90. The van der Waals surface area contributed by atoms with Gasteiger partial charge in [0.1, 0.15) is 0 Å². The highest BCUT2D eigenvalue weighted by Crippen LogP contribution is 2.47. The first-order chi connectivity index (χ1) is 16.8. The maximum Gasteiger partial charge on any atom is 0.279 e. The first-order valence-corrected chi connectivity index (χ1v) is 12.6. The lowest BCUT2D eigenvalue weighted by atomic mass is 9.87. The zero-order valence-electron chi connectivity index (χ0n) is 19.8. The molecule has 7 heteroatoms. The number of piperidine rings is 1. The van der Waals surface area contributed by atoms with Gasteiger partial charge in [0.05, 0.1) is 53.4 Å². The van der Waals surface area contributed by atoms with Crippen LogP contribution < -0.4 is 10.2 Å². The Labute approximate surface area is 215 Å². The number of anilines is 2. The van der Waals surface area contributed by atoms with Crippen LogP contribution in [0.2, 0.25) is 10.0 Å². The van der Waals surface area contributed by atoms with Crippen molar-refractivity contribution in [2.24, 2.45) is 0 Å². The normalized spacial score (nSPS) is 22.9. The van der Waals surface area contributed by atoms with E-state index in [1.165, 1.54) is 5.56 Å². The highest BCUT2D eigenvalue weighted by molar-refractivity contribution is 6.34. The van der Waals surface area contributed by atoms with Gasteiger partial charge in [0.2, 0.25) is 0 Å². The van der Waals surface area contributed by atoms with E-state index < -0.39 is 0 Å². The smallest absolute Gasteiger partial charge is 0.279 e. The summed E-state index contributed by atoms with van der Waals surface area (Å²) in [5.41, 5.74) is 4.42. The van der Waals surface area contributed by atoms with E-state index in [9.17, 15) is 9.59 Å². The number of aryl methyl sites for hydroxylation is 1. The van der Waals surface area contributed by atoms with Gasteiger partial charge in [0.25, 0.3) is 11.8 Å². The lowest BCUT2D eigenvalue weighted by Gasteiger charge is -2.44. The van der Waals surface area contributed by atoms with E-state index in [1.54, 1.807) is 24.3 Å². The number of rotatable bonds is 4. The summed E-state index contributed by atoms with van der Waals surface area (Å²) in [6.07, 6.45) is 0.796. The van der Waals surface area contributed by atoms with Gasteiger partial charge in [-0.15, -0.1) is 0 Å². The number of quaternary nitrogens is 1. The van der Waals surface area contributed by atoms with Crippen molar-refractivity contribution in [1.82, 2.24) is 0 Å². The average molecular weight is 509 g/mol. The van der Waals surface area contributed by atoms with Crippen molar-refractivity contribution in [3.8, 4) is 0 Å². The summed E-state index contributed by atoms with van der Waals surface area (Å²) in [6, 6.07) is 20.8. The minimum absolute atomic E-state index is 0.0356. The molecule has 3 aromatic rings. The van der Waals surface area contributed by atoms with Crippen molar-refractivity contribution in [3.63, 3.8) is 0 Å². The largest absolute Gasteiger partial charge is 0.320 e. The summed E-state index contributed by atoms with van der Waals surface area (Å²) < 4.78 is 0.596. The first-order valence-electron chi connectivity index (χ1n) is 11.8. The molecule has 5 rings (SSSR count). The third-order valence-electron chi connectivity index (χ3n) is 7.24. The second-order valence-electron chi connectivity index (χ2n) is 9.89. The predicted molar refractivity (Wildman–Crippen MR) is 141 cm³/mol. The van der Waals surface area contributed by atoms with Crippen molar-refractivity contribution < 1.29 is 14.1 Å². The zero-order chi connectivity index (χ0) is 24.7. The molecule has 3 aromatic carbocycles. The number of para-hydroxylation sites is 1. The molecule has 3 atom stereocenters. The zero-order valence-corrected chi connectivity index (χ0v) is 21.3. The number of halogens is 2. The average Bonchev–Trinajstić information content (AvgIpc) is 3.12. The van der Waals surface area contributed by atoms with E-state index in [-0.39, 0.29) is 23.8 Å². The third kappa shape index (κ3) is 4.56. The van der Waals surface area contributed by atoms with Gasteiger partial charge in [-0.3, -0.25) is 9.59 Å². The number of carbonyl (C=O) groups is 2. The molecule has 2 aliphatic heterocycles. The Morgan fingerprint density at radius 2 is 1.74 bits per heavy atom. The van der Waals surface area contributed by atoms with Crippen LogP contribution in [-0.2, 0) is 4.79 Å². The molecular formula is C28H28Cl2N3O2+. The number of amides is 2. The fourth-order valence-corrected chi connectivity index (χ4v) is 5.98. The maximum atomic E-state index is 13.7. The van der Waals surface area contributed by atoms with Gasteiger partial charge in [-0.25, -0.2) is 0 Å². The molecule has 0 aromatic heterocycles. The summed E-state index contributed by atoms with van der Waals surface area (Å²) in [6.45, 7) is 3.97. The number of likely N-dealkylation sites (tertiary alicyclic amines) is 1. The molecule has 1 N–H and O–H groups in total. The summed E-state index contributed by atoms with van der Waals surface area (Å²) >= 11 is 12.6. The fourth-order valence-electron chi connectivity index (χ4n) is 5.58. The molecule has 2 amide bonds. The Balaban J connectivity index is 1.41. The second kappa shape index (κ2) is 9.30. The van der Waals surface area contributed by atoms with Gasteiger partial charge in [-0.2, -0.15) is 0 Å². The Morgan fingerprint density at radius 1 is 1.03 bits per heavy atom. The number of nitrogens with one attached hydrogen (secondary N) is 1. The number of hydrogen-bond acceptors (Lipinski definition) is 2. The number of benzene rings is 3. The highest BCUT2D eigenvalue weighted by atomic mass is 35.5. The van der Waals surface area contributed by atoms with Crippen LogP contribution in [0.15, 0.2) is 66.7 Å². The molecule has 180 valence electrons. The lowest BCUT2D eigenvalue weighted by molar-refractivity contribution is -0.907. The molecule has 2 heterocycles. The quantitative estimate of drug-likeness (QED) is 0.445. The Bertz CT molecular complexity index is 1310. The first kappa shape index (κ1) is 23.9. The Hall–Kier alpha value is -2.86. The van der Waals surface area contributed by atoms with Gasteiger partial charge in [0.15, 0.2) is 6.54 Å². The molecule has 0 aliphatic carbocycles. The topological polar surface area (TPSA) is 49.4 Å². The lowest BCUT2D eigenvalue weighted by Crippen LogP contribution is -2.58. The molecule has 1 saturated heterocycles. The number of carbonyl (C=O) groups excluding carboxylic acids is 2.